The minimum Gasteiger partial charge on any atom is -0.506 e. The number of phenols is 1. The molecule has 0 radical (unpaired) electrons. The molecule has 2 amide bonds. The smallest absolute Gasteiger partial charge is 0.416 e. The second-order valence-electron chi connectivity index (χ2n) is 6.27. The molecule has 7 nitrogen and oxygen atoms in total. The number of nitrogens with zero attached hydrogens (tertiary/aromatic N) is 1. The fourth-order valence-corrected chi connectivity index (χ4v) is 2.57. The summed E-state index contributed by atoms with van der Waals surface area (Å²) in [4.78, 5) is 28.1. The Bertz CT molecular complexity index is 1130. The van der Waals surface area contributed by atoms with Gasteiger partial charge in [0.05, 0.1) is 11.3 Å². The number of ether oxygens (including phenoxy) is 1. The summed E-state index contributed by atoms with van der Waals surface area (Å²) in [5.41, 5.74) is -1.18. The maximum Gasteiger partial charge on any atom is 0.416 e. The summed E-state index contributed by atoms with van der Waals surface area (Å²) in [6.07, 6.45) is -3.24. The highest BCUT2D eigenvalue weighted by Crippen LogP contribution is 2.34. The Morgan fingerprint density at radius 2 is 1.74 bits per heavy atom. The number of aromatic nitrogens is 1. The summed E-state index contributed by atoms with van der Waals surface area (Å²) in [6.45, 7) is 0. The molecule has 3 rings (SSSR count). The van der Waals surface area contributed by atoms with Gasteiger partial charge in [-0.3, -0.25) is 14.6 Å². The molecule has 0 saturated heterocycles. The molecule has 3 aromatic rings. The van der Waals surface area contributed by atoms with Crippen molar-refractivity contribution in [3.63, 3.8) is 0 Å². The van der Waals surface area contributed by atoms with Crippen molar-refractivity contribution < 1.29 is 32.6 Å². The van der Waals surface area contributed by atoms with E-state index in [0.717, 1.165) is 6.07 Å². The van der Waals surface area contributed by atoms with Gasteiger partial charge in [0.25, 0.3) is 11.8 Å². The van der Waals surface area contributed by atoms with Gasteiger partial charge in [-0.2, -0.15) is 13.2 Å². The summed E-state index contributed by atoms with van der Waals surface area (Å²) in [7, 11) is 1.46. The fraction of sp³-hybridized carbons (Fsp3) is 0.0952. The predicted molar refractivity (Wildman–Crippen MR) is 105 cm³/mol. The third kappa shape index (κ3) is 5.30. The molecule has 1 aromatic heterocycles. The van der Waals surface area contributed by atoms with E-state index in [0.29, 0.717) is 17.9 Å². The Morgan fingerprint density at radius 3 is 2.45 bits per heavy atom. The molecular weight excluding hydrogens is 415 g/mol. The van der Waals surface area contributed by atoms with Crippen LogP contribution in [0.5, 0.6) is 17.2 Å². The van der Waals surface area contributed by atoms with Crippen molar-refractivity contribution in [1.82, 2.24) is 10.3 Å². The van der Waals surface area contributed by atoms with Gasteiger partial charge in [-0.05, 0) is 42.5 Å². The predicted octanol–water partition coefficient (Wildman–Crippen LogP) is 4.21. The van der Waals surface area contributed by atoms with E-state index in [2.05, 4.69) is 15.6 Å². The van der Waals surface area contributed by atoms with Crippen molar-refractivity contribution in [2.75, 3.05) is 12.4 Å². The molecule has 31 heavy (non-hydrogen) atoms. The summed E-state index contributed by atoms with van der Waals surface area (Å²) in [5, 5.41) is 14.5. The maximum absolute atomic E-state index is 12.9. The number of alkyl halides is 3. The third-order valence-corrected chi connectivity index (χ3v) is 4.10. The summed E-state index contributed by atoms with van der Waals surface area (Å²) in [6, 6.07) is 11.0. The number of anilines is 1. The number of aromatic hydroxyl groups is 1. The first-order valence-corrected chi connectivity index (χ1v) is 8.85. The van der Waals surface area contributed by atoms with Gasteiger partial charge < -0.3 is 20.5 Å². The number of amides is 2. The summed E-state index contributed by atoms with van der Waals surface area (Å²) < 4.78 is 44.3. The van der Waals surface area contributed by atoms with Gasteiger partial charge >= 0.3 is 6.18 Å². The first kappa shape index (κ1) is 21.6. The Labute approximate surface area is 174 Å². The monoisotopic (exact) mass is 431 g/mol. The number of pyridine rings is 1. The second kappa shape index (κ2) is 8.74. The van der Waals surface area contributed by atoms with E-state index >= 15 is 0 Å². The lowest BCUT2D eigenvalue weighted by molar-refractivity contribution is -0.137. The molecule has 2 aromatic carbocycles. The number of hydrogen-bond donors (Lipinski definition) is 3. The lowest BCUT2D eigenvalue weighted by atomic mass is 10.1. The van der Waals surface area contributed by atoms with Gasteiger partial charge in [0, 0.05) is 24.9 Å². The number of rotatable bonds is 5. The van der Waals surface area contributed by atoms with Crippen LogP contribution in [0.2, 0.25) is 0 Å². The lowest BCUT2D eigenvalue weighted by Crippen LogP contribution is -2.18. The zero-order chi connectivity index (χ0) is 22.6. The van der Waals surface area contributed by atoms with E-state index in [9.17, 15) is 27.9 Å². The lowest BCUT2D eigenvalue weighted by Gasteiger charge is -2.12. The van der Waals surface area contributed by atoms with Crippen LogP contribution in [0.25, 0.3) is 0 Å². The van der Waals surface area contributed by atoms with E-state index in [1.165, 1.54) is 43.6 Å². The fourth-order valence-electron chi connectivity index (χ4n) is 2.57. The Hall–Kier alpha value is -4.08. The number of benzene rings is 2. The quantitative estimate of drug-likeness (QED) is 0.526. The molecule has 10 heteroatoms. The topological polar surface area (TPSA) is 101 Å². The molecular formula is C21H16F3N3O4. The number of phenolic OH excluding ortho intramolecular Hbond substituents is 1. The number of carbonyl (C=O) groups is 2. The van der Waals surface area contributed by atoms with Crippen LogP contribution in [-0.2, 0) is 6.18 Å². The normalized spacial score (nSPS) is 11.0. The largest absolute Gasteiger partial charge is 0.506 e. The molecule has 0 fully saturated rings. The molecule has 0 aliphatic heterocycles. The Morgan fingerprint density at radius 1 is 1.00 bits per heavy atom. The van der Waals surface area contributed by atoms with E-state index in [1.807, 2.05) is 0 Å². The van der Waals surface area contributed by atoms with Gasteiger partial charge in [0.15, 0.2) is 0 Å². The Balaban J connectivity index is 1.79. The van der Waals surface area contributed by atoms with Crippen LogP contribution in [0.1, 0.15) is 26.4 Å². The first-order chi connectivity index (χ1) is 14.7. The number of nitrogens with one attached hydrogen (secondary N) is 2. The van der Waals surface area contributed by atoms with Crippen molar-refractivity contribution in [2.45, 2.75) is 6.18 Å². The van der Waals surface area contributed by atoms with E-state index in [1.54, 1.807) is 6.07 Å². The number of halogens is 3. The van der Waals surface area contributed by atoms with Crippen LogP contribution in [0.4, 0.5) is 18.9 Å². The van der Waals surface area contributed by atoms with Crippen molar-refractivity contribution in [1.29, 1.82) is 0 Å². The maximum atomic E-state index is 12.9. The highest BCUT2D eigenvalue weighted by atomic mass is 19.4. The molecule has 0 unspecified atom stereocenters. The molecule has 160 valence electrons. The standard InChI is InChI=1S/C21H16F3N3O4/c1-25-20(30)17-11-15(7-8-26-17)31-14-4-2-3-12(9-14)19(29)27-16-10-13(21(22,23)24)5-6-18(16)28/h2-11,28H,1H3,(H,25,30)(H,27,29). The van der Waals surface area contributed by atoms with Crippen molar-refractivity contribution in [2.24, 2.45) is 0 Å². The minimum absolute atomic E-state index is 0.0786. The first-order valence-electron chi connectivity index (χ1n) is 8.85. The third-order valence-electron chi connectivity index (χ3n) is 4.10. The molecule has 0 aliphatic rings. The van der Waals surface area contributed by atoms with Crippen LogP contribution in [-0.4, -0.2) is 29.0 Å². The molecule has 0 aliphatic carbocycles. The molecule has 0 saturated carbocycles. The van der Waals surface area contributed by atoms with Crippen LogP contribution < -0.4 is 15.4 Å². The molecule has 3 N–H and O–H groups in total. The van der Waals surface area contributed by atoms with E-state index < -0.39 is 29.3 Å². The van der Waals surface area contributed by atoms with Gasteiger partial charge in [-0.1, -0.05) is 6.07 Å². The molecule has 1 heterocycles. The zero-order valence-electron chi connectivity index (χ0n) is 16.0. The number of hydrogen-bond acceptors (Lipinski definition) is 5. The van der Waals surface area contributed by atoms with Gasteiger partial charge in [-0.25, -0.2) is 0 Å². The van der Waals surface area contributed by atoms with Crippen LogP contribution in [0.15, 0.2) is 60.8 Å². The summed E-state index contributed by atoms with van der Waals surface area (Å²) >= 11 is 0. The SMILES string of the molecule is CNC(=O)c1cc(Oc2cccc(C(=O)Nc3cc(C(F)(F)F)ccc3O)c2)ccn1. The average molecular weight is 431 g/mol. The van der Waals surface area contributed by atoms with Crippen molar-refractivity contribution in [3.8, 4) is 17.2 Å². The molecule has 0 bridgehead atoms. The number of carbonyl (C=O) groups excluding carboxylic acids is 2. The average Bonchev–Trinajstić information content (AvgIpc) is 2.74. The Kier molecular flexibility index (Phi) is 6.10. The van der Waals surface area contributed by atoms with Gasteiger partial charge in [0.1, 0.15) is 22.9 Å². The van der Waals surface area contributed by atoms with Crippen molar-refractivity contribution >= 4 is 17.5 Å². The van der Waals surface area contributed by atoms with Crippen LogP contribution in [0, 0.1) is 0 Å². The highest BCUT2D eigenvalue weighted by molar-refractivity contribution is 6.05. The van der Waals surface area contributed by atoms with Crippen molar-refractivity contribution in [3.05, 3.63) is 77.6 Å². The minimum atomic E-state index is -4.63. The second-order valence-corrected chi connectivity index (χ2v) is 6.27. The summed E-state index contributed by atoms with van der Waals surface area (Å²) in [5.74, 6) is -1.12. The zero-order valence-corrected chi connectivity index (χ0v) is 16.0. The van der Waals surface area contributed by atoms with E-state index in [4.69, 9.17) is 4.74 Å². The van der Waals surface area contributed by atoms with Crippen LogP contribution >= 0.6 is 0 Å². The molecule has 0 spiro atoms. The molecule has 0 atom stereocenters. The van der Waals surface area contributed by atoms with E-state index in [-0.39, 0.29) is 22.7 Å². The van der Waals surface area contributed by atoms with Crippen LogP contribution in [0.3, 0.4) is 0 Å². The highest BCUT2D eigenvalue weighted by Gasteiger charge is 2.31. The van der Waals surface area contributed by atoms with Gasteiger partial charge in [-0.15, -0.1) is 0 Å². The van der Waals surface area contributed by atoms with Gasteiger partial charge in [0.2, 0.25) is 0 Å².